The average Bonchev–Trinajstić information content (AvgIpc) is 2.81. The van der Waals surface area contributed by atoms with Gasteiger partial charge in [-0.15, -0.1) is 22.9 Å². The first-order valence-corrected chi connectivity index (χ1v) is 7.66. The van der Waals surface area contributed by atoms with Gasteiger partial charge in [0.25, 0.3) is 0 Å². The van der Waals surface area contributed by atoms with Gasteiger partial charge in [-0.2, -0.15) is 0 Å². The SMILES string of the molecule is ClCC(Cc1cccc(Br)c1)Cc1cncs1. The van der Waals surface area contributed by atoms with Gasteiger partial charge in [0.15, 0.2) is 0 Å². The van der Waals surface area contributed by atoms with Gasteiger partial charge in [0, 0.05) is 21.4 Å². The Morgan fingerprint density at radius 3 is 2.88 bits per heavy atom. The van der Waals surface area contributed by atoms with E-state index in [1.165, 1.54) is 10.4 Å². The summed E-state index contributed by atoms with van der Waals surface area (Å²) in [6, 6.07) is 8.42. The molecule has 0 saturated carbocycles. The molecule has 1 aromatic carbocycles. The fraction of sp³-hybridized carbons (Fsp3) is 0.308. The number of aromatic nitrogens is 1. The molecule has 0 saturated heterocycles. The maximum atomic E-state index is 6.05. The van der Waals surface area contributed by atoms with Crippen LogP contribution in [0.5, 0.6) is 0 Å². The Morgan fingerprint density at radius 1 is 1.35 bits per heavy atom. The fourth-order valence-electron chi connectivity index (χ4n) is 1.81. The first-order valence-electron chi connectivity index (χ1n) is 5.45. The van der Waals surface area contributed by atoms with Crippen LogP contribution in [0.15, 0.2) is 40.4 Å². The van der Waals surface area contributed by atoms with Gasteiger partial charge in [0.2, 0.25) is 0 Å². The van der Waals surface area contributed by atoms with Crippen molar-refractivity contribution in [3.05, 3.63) is 50.9 Å². The van der Waals surface area contributed by atoms with E-state index in [4.69, 9.17) is 11.6 Å². The van der Waals surface area contributed by atoms with Gasteiger partial charge in [-0.25, -0.2) is 0 Å². The van der Waals surface area contributed by atoms with Crippen molar-refractivity contribution in [1.82, 2.24) is 4.98 Å². The van der Waals surface area contributed by atoms with Crippen LogP contribution in [0.25, 0.3) is 0 Å². The highest BCUT2D eigenvalue weighted by Crippen LogP contribution is 2.20. The lowest BCUT2D eigenvalue weighted by atomic mass is 9.97. The van der Waals surface area contributed by atoms with E-state index < -0.39 is 0 Å². The summed E-state index contributed by atoms with van der Waals surface area (Å²) < 4.78 is 1.13. The summed E-state index contributed by atoms with van der Waals surface area (Å²) in [5.74, 6) is 1.16. The zero-order valence-electron chi connectivity index (χ0n) is 9.27. The van der Waals surface area contributed by atoms with Crippen LogP contribution in [0.2, 0.25) is 0 Å². The number of hydrogen-bond donors (Lipinski definition) is 0. The smallest absolute Gasteiger partial charge is 0.0794 e. The van der Waals surface area contributed by atoms with Crippen molar-refractivity contribution < 1.29 is 0 Å². The molecule has 90 valence electrons. The van der Waals surface area contributed by atoms with Crippen molar-refractivity contribution in [1.29, 1.82) is 0 Å². The van der Waals surface area contributed by atoms with Crippen molar-refractivity contribution in [2.75, 3.05) is 5.88 Å². The van der Waals surface area contributed by atoms with Crippen LogP contribution in [-0.2, 0) is 12.8 Å². The highest BCUT2D eigenvalue weighted by atomic mass is 79.9. The molecular weight excluding hydrogens is 318 g/mol. The number of nitrogens with zero attached hydrogens (tertiary/aromatic N) is 1. The highest BCUT2D eigenvalue weighted by Gasteiger charge is 2.10. The first-order chi connectivity index (χ1) is 8.28. The Kier molecular flexibility index (Phi) is 5.01. The number of halogens is 2. The molecule has 1 unspecified atom stereocenters. The summed E-state index contributed by atoms with van der Waals surface area (Å²) in [6.07, 6.45) is 3.96. The third-order valence-electron chi connectivity index (χ3n) is 2.60. The van der Waals surface area contributed by atoms with Gasteiger partial charge >= 0.3 is 0 Å². The van der Waals surface area contributed by atoms with Gasteiger partial charge in [0.05, 0.1) is 5.51 Å². The highest BCUT2D eigenvalue weighted by molar-refractivity contribution is 9.10. The molecule has 0 bridgehead atoms. The van der Waals surface area contributed by atoms with Gasteiger partial charge in [-0.05, 0) is 36.5 Å². The minimum atomic E-state index is 0.478. The van der Waals surface area contributed by atoms with Crippen LogP contribution in [0.3, 0.4) is 0 Å². The summed E-state index contributed by atoms with van der Waals surface area (Å²) in [6.45, 7) is 0. The summed E-state index contributed by atoms with van der Waals surface area (Å²) in [4.78, 5) is 5.41. The lowest BCUT2D eigenvalue weighted by Gasteiger charge is -2.12. The average molecular weight is 331 g/mol. The van der Waals surface area contributed by atoms with E-state index in [-0.39, 0.29) is 0 Å². The molecule has 0 fully saturated rings. The molecule has 1 atom stereocenters. The third kappa shape index (κ3) is 4.09. The van der Waals surface area contributed by atoms with Crippen molar-refractivity contribution >= 4 is 38.9 Å². The van der Waals surface area contributed by atoms with Crippen LogP contribution >= 0.6 is 38.9 Å². The predicted octanol–water partition coefficient (Wildman–Crippen LogP) is 4.55. The topological polar surface area (TPSA) is 12.9 Å². The Hall–Kier alpha value is -0.380. The second-order valence-electron chi connectivity index (χ2n) is 4.03. The van der Waals surface area contributed by atoms with Crippen molar-refractivity contribution in [3.8, 4) is 0 Å². The van der Waals surface area contributed by atoms with Crippen molar-refractivity contribution in [2.45, 2.75) is 12.8 Å². The molecule has 0 aliphatic rings. The lowest BCUT2D eigenvalue weighted by Crippen LogP contribution is -2.09. The van der Waals surface area contributed by atoms with E-state index in [0.29, 0.717) is 11.8 Å². The number of alkyl halides is 1. The van der Waals surface area contributed by atoms with Gasteiger partial charge in [0.1, 0.15) is 0 Å². The predicted molar refractivity (Wildman–Crippen MR) is 77.9 cm³/mol. The van der Waals surface area contributed by atoms with Gasteiger partial charge in [-0.3, -0.25) is 4.98 Å². The van der Waals surface area contributed by atoms with E-state index in [1.54, 1.807) is 11.3 Å². The molecule has 17 heavy (non-hydrogen) atoms. The lowest BCUT2D eigenvalue weighted by molar-refractivity contribution is 0.588. The summed E-state index contributed by atoms with van der Waals surface area (Å²) >= 11 is 11.2. The molecule has 0 radical (unpaired) electrons. The first kappa shape index (κ1) is 13.1. The van der Waals surface area contributed by atoms with Gasteiger partial charge in [-0.1, -0.05) is 28.1 Å². The Balaban J connectivity index is 2.00. The molecule has 2 aromatic rings. The molecule has 0 N–H and O–H groups in total. The van der Waals surface area contributed by atoms with Crippen LogP contribution in [0, 0.1) is 5.92 Å². The molecule has 0 aliphatic heterocycles. The standard InChI is InChI=1S/C13H13BrClNS/c14-12-3-1-2-10(5-12)4-11(7-15)6-13-8-16-9-17-13/h1-3,5,8-9,11H,4,6-7H2. The van der Waals surface area contributed by atoms with Crippen molar-refractivity contribution in [2.24, 2.45) is 5.92 Å². The van der Waals surface area contributed by atoms with Crippen LogP contribution < -0.4 is 0 Å². The quantitative estimate of drug-likeness (QED) is 0.733. The minimum Gasteiger partial charge on any atom is -0.253 e. The van der Waals surface area contributed by atoms with Crippen molar-refractivity contribution in [3.63, 3.8) is 0 Å². The third-order valence-corrected chi connectivity index (χ3v) is 4.34. The Morgan fingerprint density at radius 2 is 2.24 bits per heavy atom. The number of benzene rings is 1. The molecule has 1 aromatic heterocycles. The van der Waals surface area contributed by atoms with E-state index in [1.807, 2.05) is 17.8 Å². The second kappa shape index (κ2) is 6.53. The molecule has 0 aliphatic carbocycles. The zero-order valence-corrected chi connectivity index (χ0v) is 12.4. The fourth-order valence-corrected chi connectivity index (χ4v) is 3.18. The van der Waals surface area contributed by atoms with E-state index in [2.05, 4.69) is 39.1 Å². The molecular formula is C13H13BrClNS. The molecule has 0 spiro atoms. The number of thiazole rings is 1. The Labute approximate surface area is 119 Å². The van der Waals surface area contributed by atoms with E-state index >= 15 is 0 Å². The monoisotopic (exact) mass is 329 g/mol. The van der Waals surface area contributed by atoms with E-state index in [0.717, 1.165) is 17.3 Å². The van der Waals surface area contributed by atoms with E-state index in [9.17, 15) is 0 Å². The Bertz CT molecular complexity index is 458. The summed E-state index contributed by atoms with van der Waals surface area (Å²) in [5.41, 5.74) is 3.20. The minimum absolute atomic E-state index is 0.478. The normalized spacial score (nSPS) is 12.6. The number of hydrogen-bond acceptors (Lipinski definition) is 2. The molecule has 1 nitrogen and oxygen atoms in total. The van der Waals surface area contributed by atoms with Crippen LogP contribution in [-0.4, -0.2) is 10.9 Å². The molecule has 4 heteroatoms. The van der Waals surface area contributed by atoms with Gasteiger partial charge < -0.3 is 0 Å². The summed E-state index contributed by atoms with van der Waals surface area (Å²) in [7, 11) is 0. The molecule has 0 amide bonds. The van der Waals surface area contributed by atoms with Crippen LogP contribution in [0.1, 0.15) is 10.4 Å². The maximum absolute atomic E-state index is 6.05. The largest absolute Gasteiger partial charge is 0.253 e. The molecule has 1 heterocycles. The maximum Gasteiger partial charge on any atom is 0.0794 e. The number of rotatable bonds is 5. The van der Waals surface area contributed by atoms with Crippen LogP contribution in [0.4, 0.5) is 0 Å². The zero-order chi connectivity index (χ0) is 12.1. The summed E-state index contributed by atoms with van der Waals surface area (Å²) in [5, 5.41) is 0. The second-order valence-corrected chi connectivity index (χ2v) is 6.22. The molecule has 2 rings (SSSR count).